The highest BCUT2D eigenvalue weighted by atomic mass is 32.2. The fraction of sp³-hybridized carbons (Fsp3) is 0.571. The predicted molar refractivity (Wildman–Crippen MR) is 124 cm³/mol. The first-order chi connectivity index (χ1) is 15.1. The number of amidine groups is 1. The molecule has 1 unspecified atom stereocenters. The van der Waals surface area contributed by atoms with Crippen LogP contribution >= 0.6 is 11.8 Å². The number of aliphatic imine (C=N–C) groups is 1. The lowest BCUT2D eigenvalue weighted by atomic mass is 9.95. The summed E-state index contributed by atoms with van der Waals surface area (Å²) in [5.41, 5.74) is 0.486. The monoisotopic (exact) mass is 482 g/mol. The fourth-order valence-corrected chi connectivity index (χ4v) is 5.64. The Morgan fingerprint density at radius 2 is 1.94 bits per heavy atom. The minimum absolute atomic E-state index is 0.00109. The zero-order valence-electron chi connectivity index (χ0n) is 18.9. The molecular weight excluding hydrogens is 452 g/mol. The molecular formula is C21H30N4O5S2. The third kappa shape index (κ3) is 5.44. The van der Waals surface area contributed by atoms with Crippen molar-refractivity contribution < 1.29 is 22.7 Å². The molecule has 2 amide bonds. The summed E-state index contributed by atoms with van der Waals surface area (Å²) >= 11 is 1.50. The molecule has 0 N–H and O–H groups in total. The smallest absolute Gasteiger partial charge is 0.409 e. The van der Waals surface area contributed by atoms with Gasteiger partial charge in [0.05, 0.1) is 17.2 Å². The van der Waals surface area contributed by atoms with Crippen LogP contribution in [0.4, 0.5) is 10.5 Å². The number of carbonyl (C=O) groups is 2. The summed E-state index contributed by atoms with van der Waals surface area (Å²) in [6, 6.07) is 6.43. The van der Waals surface area contributed by atoms with Crippen molar-refractivity contribution in [3.8, 4) is 0 Å². The molecule has 0 bridgehead atoms. The highest BCUT2D eigenvalue weighted by Crippen LogP contribution is 2.32. The molecule has 1 aromatic carbocycles. The number of benzene rings is 1. The third-order valence-electron chi connectivity index (χ3n) is 5.43. The molecule has 0 aliphatic carbocycles. The van der Waals surface area contributed by atoms with E-state index in [9.17, 15) is 18.0 Å². The van der Waals surface area contributed by atoms with Crippen LogP contribution in [0.1, 0.15) is 26.7 Å². The number of carbonyl (C=O) groups excluding carboxylic acids is 2. The zero-order valence-corrected chi connectivity index (χ0v) is 20.5. The van der Waals surface area contributed by atoms with E-state index in [0.29, 0.717) is 49.9 Å². The molecule has 2 heterocycles. The van der Waals surface area contributed by atoms with Crippen molar-refractivity contribution in [3.05, 3.63) is 24.3 Å². The number of likely N-dealkylation sites (tertiary alicyclic amines) is 1. The molecule has 32 heavy (non-hydrogen) atoms. The van der Waals surface area contributed by atoms with Crippen molar-refractivity contribution in [1.82, 2.24) is 14.1 Å². The van der Waals surface area contributed by atoms with E-state index in [-0.39, 0.29) is 28.1 Å². The molecule has 9 nitrogen and oxygen atoms in total. The van der Waals surface area contributed by atoms with Crippen molar-refractivity contribution in [1.29, 1.82) is 0 Å². The lowest BCUT2D eigenvalue weighted by Crippen LogP contribution is -2.45. The molecule has 1 atom stereocenters. The molecule has 0 aromatic heterocycles. The van der Waals surface area contributed by atoms with E-state index in [1.807, 2.05) is 6.92 Å². The lowest BCUT2D eigenvalue weighted by Gasteiger charge is -2.32. The van der Waals surface area contributed by atoms with Gasteiger partial charge in [0, 0.05) is 44.9 Å². The van der Waals surface area contributed by atoms with Gasteiger partial charge < -0.3 is 9.64 Å². The average molecular weight is 483 g/mol. The van der Waals surface area contributed by atoms with Crippen molar-refractivity contribution >= 4 is 44.6 Å². The molecule has 2 aliphatic heterocycles. The number of thioether (sulfide) groups is 1. The maximum Gasteiger partial charge on any atom is 0.409 e. The number of ether oxygens (including phenoxy) is 1. The van der Waals surface area contributed by atoms with Gasteiger partial charge in [0.25, 0.3) is 0 Å². The number of sulfonamides is 1. The molecule has 2 saturated heterocycles. The quantitative estimate of drug-likeness (QED) is 0.640. The van der Waals surface area contributed by atoms with Gasteiger partial charge in [0.1, 0.15) is 0 Å². The van der Waals surface area contributed by atoms with Crippen LogP contribution in [0.25, 0.3) is 0 Å². The minimum Gasteiger partial charge on any atom is -0.450 e. The first-order valence-corrected chi connectivity index (χ1v) is 13.0. The van der Waals surface area contributed by atoms with E-state index >= 15 is 0 Å². The van der Waals surface area contributed by atoms with Crippen LogP contribution in [-0.2, 0) is 19.6 Å². The van der Waals surface area contributed by atoms with Crippen LogP contribution in [0, 0.1) is 5.92 Å². The van der Waals surface area contributed by atoms with E-state index in [0.717, 1.165) is 4.31 Å². The number of rotatable bonds is 5. The van der Waals surface area contributed by atoms with Gasteiger partial charge in [0.2, 0.25) is 15.9 Å². The lowest BCUT2D eigenvalue weighted by molar-refractivity contribution is -0.132. The Hall–Kier alpha value is -2.11. The topological polar surface area (TPSA) is 99.6 Å². The number of piperidine rings is 1. The maximum absolute atomic E-state index is 13.3. The fourth-order valence-electron chi connectivity index (χ4n) is 3.67. The molecule has 0 radical (unpaired) electrons. The van der Waals surface area contributed by atoms with Crippen LogP contribution in [0.5, 0.6) is 0 Å². The molecule has 3 rings (SSSR count). The Kier molecular flexibility index (Phi) is 7.84. The predicted octanol–water partition coefficient (Wildman–Crippen LogP) is 2.76. The molecule has 2 aliphatic rings. The molecule has 11 heteroatoms. The van der Waals surface area contributed by atoms with Crippen molar-refractivity contribution in [2.24, 2.45) is 10.9 Å². The highest BCUT2D eigenvalue weighted by Gasteiger charge is 2.37. The number of hydrogen-bond donors (Lipinski definition) is 0. The number of amides is 2. The second kappa shape index (κ2) is 10.2. The van der Waals surface area contributed by atoms with Gasteiger partial charge in [-0.25, -0.2) is 22.5 Å². The van der Waals surface area contributed by atoms with Gasteiger partial charge in [-0.3, -0.25) is 9.69 Å². The summed E-state index contributed by atoms with van der Waals surface area (Å²) < 4.78 is 31.1. The Labute approximate surface area is 193 Å². The molecule has 0 saturated carbocycles. The Morgan fingerprint density at radius 3 is 2.56 bits per heavy atom. The van der Waals surface area contributed by atoms with Crippen LogP contribution < -0.4 is 0 Å². The second-order valence-electron chi connectivity index (χ2n) is 8.02. The van der Waals surface area contributed by atoms with Crippen LogP contribution in [0.3, 0.4) is 0 Å². The normalized spacial score (nSPS) is 21.4. The largest absolute Gasteiger partial charge is 0.450 e. The van der Waals surface area contributed by atoms with E-state index in [2.05, 4.69) is 4.99 Å². The van der Waals surface area contributed by atoms with Crippen LogP contribution in [0.2, 0.25) is 0 Å². The summed E-state index contributed by atoms with van der Waals surface area (Å²) in [5, 5.41) is 0.765. The maximum atomic E-state index is 13.3. The first-order valence-electron chi connectivity index (χ1n) is 10.6. The van der Waals surface area contributed by atoms with Gasteiger partial charge in [-0.05, 0) is 38.0 Å². The van der Waals surface area contributed by atoms with E-state index in [1.165, 1.54) is 38.0 Å². The first kappa shape index (κ1) is 24.5. The van der Waals surface area contributed by atoms with Gasteiger partial charge in [0.15, 0.2) is 5.17 Å². The Morgan fingerprint density at radius 1 is 1.25 bits per heavy atom. The standard InChI is InChI=1S/C21H30N4O5S2/c1-5-30-21(27)24-11-9-16(10-12-24)19(26)25-14-15(2)31-20(25)22-17-7-6-8-18(13-17)32(28,29)23(3)4/h6-8,13,15-16H,5,9-12,14H2,1-4H3. The van der Waals surface area contributed by atoms with Gasteiger partial charge in [-0.1, -0.05) is 24.8 Å². The summed E-state index contributed by atoms with van der Waals surface area (Å²) in [7, 11) is -0.609. The number of nitrogens with zero attached hydrogens (tertiary/aromatic N) is 4. The summed E-state index contributed by atoms with van der Waals surface area (Å²) in [4.78, 5) is 33.3. The molecule has 1 aromatic rings. The SMILES string of the molecule is CCOC(=O)N1CCC(C(=O)N2CC(C)SC2=Nc2cccc(S(=O)(=O)N(C)C)c2)CC1. The van der Waals surface area contributed by atoms with Crippen molar-refractivity contribution in [2.45, 2.75) is 36.8 Å². The Balaban J connectivity index is 1.75. The zero-order chi connectivity index (χ0) is 23.5. The van der Waals surface area contributed by atoms with Gasteiger partial charge in [-0.15, -0.1) is 0 Å². The number of hydrogen-bond acceptors (Lipinski definition) is 7. The van der Waals surface area contributed by atoms with E-state index in [4.69, 9.17) is 4.74 Å². The van der Waals surface area contributed by atoms with Gasteiger partial charge >= 0.3 is 6.09 Å². The molecule has 0 spiro atoms. The summed E-state index contributed by atoms with van der Waals surface area (Å²) in [6.45, 7) is 5.66. The van der Waals surface area contributed by atoms with Crippen LogP contribution in [-0.4, -0.2) is 85.3 Å². The summed E-state index contributed by atoms with van der Waals surface area (Å²) in [6.07, 6.45) is 0.826. The second-order valence-corrected chi connectivity index (χ2v) is 11.6. The summed E-state index contributed by atoms with van der Waals surface area (Å²) in [5.74, 6) is -0.182. The van der Waals surface area contributed by atoms with Crippen molar-refractivity contribution in [3.63, 3.8) is 0 Å². The highest BCUT2D eigenvalue weighted by molar-refractivity contribution is 8.14. The Bertz CT molecular complexity index is 988. The third-order valence-corrected chi connectivity index (χ3v) is 8.32. The van der Waals surface area contributed by atoms with Crippen LogP contribution in [0.15, 0.2) is 34.2 Å². The van der Waals surface area contributed by atoms with Gasteiger partial charge in [-0.2, -0.15) is 0 Å². The van der Waals surface area contributed by atoms with Crippen molar-refractivity contribution in [2.75, 3.05) is 40.3 Å². The molecule has 2 fully saturated rings. The van der Waals surface area contributed by atoms with E-state index < -0.39 is 10.0 Å². The minimum atomic E-state index is -3.57. The average Bonchev–Trinajstić information content (AvgIpc) is 3.13. The van der Waals surface area contributed by atoms with E-state index in [1.54, 1.807) is 28.9 Å². The molecule has 176 valence electrons.